The molecule has 0 radical (unpaired) electrons. The topological polar surface area (TPSA) is 70.2 Å². The number of carbonyl (C=O) groups excluding carboxylic acids is 2. The number of hydrogen-bond acceptors (Lipinski definition) is 2. The maximum Gasteiger partial charge on any atom is 0.319 e. The summed E-state index contributed by atoms with van der Waals surface area (Å²) in [6.07, 6.45) is 1.54. The number of anilines is 1. The van der Waals surface area contributed by atoms with Crippen LogP contribution in [0.15, 0.2) is 24.3 Å². The molecule has 0 saturated carbocycles. The van der Waals surface area contributed by atoms with Crippen LogP contribution in [0.4, 0.5) is 10.5 Å². The van der Waals surface area contributed by atoms with Gasteiger partial charge in [0.15, 0.2) is 0 Å². The zero-order chi connectivity index (χ0) is 13.0. The van der Waals surface area contributed by atoms with Crippen molar-refractivity contribution in [3.63, 3.8) is 0 Å². The minimum atomic E-state index is -0.453. The first kappa shape index (κ1) is 12.7. The second kappa shape index (κ2) is 5.73. The number of halogens is 1. The monoisotopic (exact) mass is 267 g/mol. The smallest absolute Gasteiger partial charge is 0.319 e. The van der Waals surface area contributed by atoms with E-state index in [2.05, 4.69) is 16.0 Å². The van der Waals surface area contributed by atoms with Gasteiger partial charge in [0.05, 0.1) is 0 Å². The third-order valence-electron chi connectivity index (χ3n) is 2.69. The lowest BCUT2D eigenvalue weighted by atomic mass is 10.1. The Kier molecular flexibility index (Phi) is 4.04. The van der Waals surface area contributed by atoms with Crippen molar-refractivity contribution in [1.29, 1.82) is 0 Å². The molecule has 2 rings (SSSR count). The second-order valence-electron chi connectivity index (χ2n) is 4.09. The first-order valence-electron chi connectivity index (χ1n) is 5.76. The molecule has 1 atom stereocenters. The number of amides is 3. The van der Waals surface area contributed by atoms with Crippen LogP contribution in [0.25, 0.3) is 0 Å². The molecule has 6 heteroatoms. The molecule has 3 N–H and O–H groups in total. The molecule has 1 aliphatic rings. The van der Waals surface area contributed by atoms with Gasteiger partial charge >= 0.3 is 6.03 Å². The average Bonchev–Trinajstić information content (AvgIpc) is 2.35. The third-order valence-corrected chi connectivity index (χ3v) is 2.94. The predicted molar refractivity (Wildman–Crippen MR) is 69.6 cm³/mol. The highest BCUT2D eigenvalue weighted by Crippen LogP contribution is 2.13. The Labute approximate surface area is 110 Å². The molecule has 3 amide bonds. The Morgan fingerprint density at radius 3 is 2.72 bits per heavy atom. The van der Waals surface area contributed by atoms with Gasteiger partial charge in [0, 0.05) is 17.3 Å². The number of benzene rings is 1. The van der Waals surface area contributed by atoms with E-state index >= 15 is 0 Å². The summed E-state index contributed by atoms with van der Waals surface area (Å²) >= 11 is 5.74. The van der Waals surface area contributed by atoms with Crippen LogP contribution in [0.5, 0.6) is 0 Å². The summed E-state index contributed by atoms with van der Waals surface area (Å²) in [7, 11) is 0. The van der Waals surface area contributed by atoms with Crippen LogP contribution in [0, 0.1) is 0 Å². The number of nitrogens with one attached hydrogen (secondary N) is 3. The predicted octanol–water partition coefficient (Wildman–Crippen LogP) is 1.74. The van der Waals surface area contributed by atoms with E-state index in [9.17, 15) is 9.59 Å². The minimum Gasteiger partial charge on any atom is -0.354 e. The maximum absolute atomic E-state index is 11.7. The van der Waals surface area contributed by atoms with E-state index in [1.165, 1.54) is 0 Å². The number of urea groups is 1. The van der Waals surface area contributed by atoms with Crippen molar-refractivity contribution in [1.82, 2.24) is 10.6 Å². The van der Waals surface area contributed by atoms with Crippen molar-refractivity contribution in [3.05, 3.63) is 29.3 Å². The van der Waals surface area contributed by atoms with Gasteiger partial charge in [0.1, 0.15) is 6.04 Å². The van der Waals surface area contributed by atoms with Gasteiger partial charge in [-0.15, -0.1) is 0 Å². The number of hydrogen-bond donors (Lipinski definition) is 3. The second-order valence-corrected chi connectivity index (χ2v) is 4.53. The highest BCUT2D eigenvalue weighted by Gasteiger charge is 2.23. The molecule has 18 heavy (non-hydrogen) atoms. The van der Waals surface area contributed by atoms with Crippen LogP contribution in [-0.2, 0) is 4.79 Å². The molecule has 1 aliphatic heterocycles. The summed E-state index contributed by atoms with van der Waals surface area (Å²) < 4.78 is 0. The summed E-state index contributed by atoms with van der Waals surface area (Å²) in [5.41, 5.74) is 0.633. The van der Waals surface area contributed by atoms with Gasteiger partial charge in [-0.25, -0.2) is 4.79 Å². The Hall–Kier alpha value is -1.75. The van der Waals surface area contributed by atoms with Crippen LogP contribution in [0.1, 0.15) is 12.8 Å². The Morgan fingerprint density at radius 1 is 1.33 bits per heavy atom. The SMILES string of the molecule is O=C(Nc1ccc(Cl)cc1)NC1CCCNC1=O. The summed E-state index contributed by atoms with van der Waals surface area (Å²) in [4.78, 5) is 23.1. The van der Waals surface area contributed by atoms with Crippen molar-refractivity contribution in [3.8, 4) is 0 Å². The van der Waals surface area contributed by atoms with Gasteiger partial charge in [-0.2, -0.15) is 0 Å². The highest BCUT2D eigenvalue weighted by atomic mass is 35.5. The van der Waals surface area contributed by atoms with Crippen LogP contribution >= 0.6 is 11.6 Å². The zero-order valence-corrected chi connectivity index (χ0v) is 10.5. The van der Waals surface area contributed by atoms with Crippen molar-refractivity contribution < 1.29 is 9.59 Å². The van der Waals surface area contributed by atoms with Crippen molar-refractivity contribution in [2.45, 2.75) is 18.9 Å². The molecule has 0 spiro atoms. The lowest BCUT2D eigenvalue weighted by molar-refractivity contribution is -0.124. The number of rotatable bonds is 2. The normalized spacial score (nSPS) is 18.9. The molecule has 1 aromatic rings. The summed E-state index contributed by atoms with van der Waals surface area (Å²) in [6, 6.07) is 5.92. The Morgan fingerprint density at radius 2 is 2.06 bits per heavy atom. The summed E-state index contributed by atoms with van der Waals surface area (Å²) in [5.74, 6) is -0.132. The van der Waals surface area contributed by atoms with Gasteiger partial charge in [-0.1, -0.05) is 11.6 Å². The molecule has 0 bridgehead atoms. The molecule has 1 fully saturated rings. The van der Waals surface area contributed by atoms with Gasteiger partial charge in [0.25, 0.3) is 0 Å². The standard InChI is InChI=1S/C12H14ClN3O2/c13-8-3-5-9(6-4-8)15-12(18)16-10-2-1-7-14-11(10)17/h3-6,10H,1-2,7H2,(H,14,17)(H2,15,16,18). The zero-order valence-electron chi connectivity index (χ0n) is 9.70. The van der Waals surface area contributed by atoms with E-state index in [4.69, 9.17) is 11.6 Å². The van der Waals surface area contributed by atoms with Gasteiger partial charge in [0.2, 0.25) is 5.91 Å². The van der Waals surface area contributed by atoms with Gasteiger partial charge in [-0.05, 0) is 37.1 Å². The Bertz CT molecular complexity index is 447. The molecule has 1 unspecified atom stereocenters. The minimum absolute atomic E-state index is 0.132. The number of carbonyl (C=O) groups is 2. The molecular formula is C12H14ClN3O2. The van der Waals surface area contributed by atoms with E-state index in [1.807, 2.05) is 0 Å². The van der Waals surface area contributed by atoms with Crippen LogP contribution in [0.2, 0.25) is 5.02 Å². The Balaban J connectivity index is 1.88. The first-order chi connectivity index (χ1) is 8.65. The van der Waals surface area contributed by atoms with Crippen LogP contribution in [0.3, 0.4) is 0 Å². The van der Waals surface area contributed by atoms with Gasteiger partial charge in [-0.3, -0.25) is 4.79 Å². The molecule has 1 saturated heterocycles. The van der Waals surface area contributed by atoms with E-state index < -0.39 is 6.04 Å². The fraction of sp³-hybridized carbons (Fsp3) is 0.333. The van der Waals surface area contributed by atoms with E-state index in [0.717, 1.165) is 6.42 Å². The van der Waals surface area contributed by atoms with Crippen LogP contribution in [-0.4, -0.2) is 24.5 Å². The molecule has 5 nitrogen and oxygen atoms in total. The van der Waals surface area contributed by atoms with Crippen molar-refractivity contribution in [2.75, 3.05) is 11.9 Å². The molecule has 1 heterocycles. The summed E-state index contributed by atoms with van der Waals surface area (Å²) in [5, 5.41) is 8.60. The lowest BCUT2D eigenvalue weighted by Gasteiger charge is -2.22. The fourth-order valence-electron chi connectivity index (χ4n) is 1.77. The molecule has 0 aromatic heterocycles. The van der Waals surface area contributed by atoms with E-state index in [1.54, 1.807) is 24.3 Å². The molecule has 1 aromatic carbocycles. The lowest BCUT2D eigenvalue weighted by Crippen LogP contribution is -2.51. The van der Waals surface area contributed by atoms with E-state index in [-0.39, 0.29) is 11.9 Å². The maximum atomic E-state index is 11.7. The summed E-state index contributed by atoms with van der Waals surface area (Å²) in [6.45, 7) is 0.676. The van der Waals surface area contributed by atoms with E-state index in [0.29, 0.717) is 23.7 Å². The highest BCUT2D eigenvalue weighted by molar-refractivity contribution is 6.30. The molecule has 96 valence electrons. The van der Waals surface area contributed by atoms with Gasteiger partial charge < -0.3 is 16.0 Å². The van der Waals surface area contributed by atoms with Crippen molar-refractivity contribution in [2.24, 2.45) is 0 Å². The molecular weight excluding hydrogens is 254 g/mol. The number of piperidine rings is 1. The quantitative estimate of drug-likeness (QED) is 0.764. The fourth-order valence-corrected chi connectivity index (χ4v) is 1.89. The third kappa shape index (κ3) is 3.37. The van der Waals surface area contributed by atoms with Crippen molar-refractivity contribution >= 4 is 29.2 Å². The average molecular weight is 268 g/mol. The first-order valence-corrected chi connectivity index (χ1v) is 6.14. The van der Waals surface area contributed by atoms with Crippen LogP contribution < -0.4 is 16.0 Å². The largest absolute Gasteiger partial charge is 0.354 e. The molecule has 0 aliphatic carbocycles.